The average molecular weight is 210 g/mol. The highest BCUT2D eigenvalue weighted by atomic mass is 16.2. The second-order valence-corrected chi connectivity index (χ2v) is 5.19. The van der Waals surface area contributed by atoms with Crippen molar-refractivity contribution in [1.82, 2.24) is 4.90 Å². The van der Waals surface area contributed by atoms with Crippen molar-refractivity contribution in [3.05, 3.63) is 0 Å². The fourth-order valence-electron chi connectivity index (χ4n) is 2.66. The number of nitrogens with zero attached hydrogens (tertiary/aromatic N) is 1. The molecule has 0 aromatic heterocycles. The minimum absolute atomic E-state index is 0.161. The Kier molecular flexibility index (Phi) is 3.01. The van der Waals surface area contributed by atoms with Crippen LogP contribution in [0.5, 0.6) is 0 Å². The summed E-state index contributed by atoms with van der Waals surface area (Å²) in [4.78, 5) is 14.2. The van der Waals surface area contributed by atoms with Crippen LogP contribution in [-0.4, -0.2) is 30.4 Å². The number of nitrogens with two attached hydrogens (primary N) is 1. The second-order valence-electron chi connectivity index (χ2n) is 5.19. The van der Waals surface area contributed by atoms with E-state index in [1.54, 1.807) is 0 Å². The maximum Gasteiger partial charge on any atom is 0.230 e. The van der Waals surface area contributed by atoms with Gasteiger partial charge in [-0.2, -0.15) is 0 Å². The first-order chi connectivity index (χ1) is 7.19. The van der Waals surface area contributed by atoms with Crippen LogP contribution in [-0.2, 0) is 4.79 Å². The number of hydrogen-bond donors (Lipinski definition) is 1. The largest absolute Gasteiger partial charge is 0.342 e. The van der Waals surface area contributed by atoms with Gasteiger partial charge in [0.15, 0.2) is 0 Å². The Morgan fingerprint density at radius 3 is 2.40 bits per heavy atom. The molecule has 0 atom stereocenters. The molecule has 0 spiro atoms. The van der Waals surface area contributed by atoms with E-state index in [4.69, 9.17) is 5.73 Å². The van der Waals surface area contributed by atoms with Crippen LogP contribution in [0.25, 0.3) is 0 Å². The zero-order valence-corrected chi connectivity index (χ0v) is 9.67. The predicted molar refractivity (Wildman–Crippen MR) is 60.4 cm³/mol. The van der Waals surface area contributed by atoms with Crippen LogP contribution in [0, 0.1) is 5.41 Å². The second kappa shape index (κ2) is 4.12. The Labute approximate surface area is 92.0 Å². The van der Waals surface area contributed by atoms with Gasteiger partial charge in [0.05, 0.1) is 5.41 Å². The van der Waals surface area contributed by atoms with Gasteiger partial charge in [0.25, 0.3) is 0 Å². The molecule has 0 aliphatic heterocycles. The lowest BCUT2D eigenvalue weighted by atomic mass is 9.93. The summed E-state index contributed by atoms with van der Waals surface area (Å²) in [5.74, 6) is 0.303. The van der Waals surface area contributed by atoms with E-state index in [1.807, 2.05) is 11.9 Å². The molecule has 2 aliphatic rings. The van der Waals surface area contributed by atoms with Crippen molar-refractivity contribution >= 4 is 5.91 Å². The lowest BCUT2D eigenvalue weighted by molar-refractivity contribution is -0.138. The summed E-state index contributed by atoms with van der Waals surface area (Å²) in [5, 5.41) is 0. The molecule has 0 aromatic carbocycles. The van der Waals surface area contributed by atoms with Gasteiger partial charge in [-0.1, -0.05) is 19.3 Å². The first kappa shape index (κ1) is 10.9. The highest BCUT2D eigenvalue weighted by Crippen LogP contribution is 2.46. The molecule has 0 heterocycles. The molecule has 0 radical (unpaired) electrons. The monoisotopic (exact) mass is 210 g/mol. The SMILES string of the molecule is CN(C(=O)C1(CN)CC1)C1CCCCC1. The third-order valence-corrected chi connectivity index (χ3v) is 4.14. The molecule has 0 bridgehead atoms. The predicted octanol–water partition coefficient (Wildman–Crippen LogP) is 1.52. The summed E-state index contributed by atoms with van der Waals surface area (Å²) in [5.41, 5.74) is 5.53. The van der Waals surface area contributed by atoms with Gasteiger partial charge in [0.1, 0.15) is 0 Å². The van der Waals surface area contributed by atoms with E-state index in [1.165, 1.54) is 32.1 Å². The maximum atomic E-state index is 12.2. The minimum atomic E-state index is -0.161. The molecule has 3 heteroatoms. The quantitative estimate of drug-likeness (QED) is 0.767. The Bertz CT molecular complexity index is 242. The molecule has 2 rings (SSSR count). The van der Waals surface area contributed by atoms with Crippen LogP contribution >= 0.6 is 0 Å². The lowest BCUT2D eigenvalue weighted by Gasteiger charge is -2.33. The van der Waals surface area contributed by atoms with E-state index in [-0.39, 0.29) is 5.41 Å². The van der Waals surface area contributed by atoms with E-state index in [9.17, 15) is 4.79 Å². The molecule has 0 unspecified atom stereocenters. The van der Waals surface area contributed by atoms with Crippen LogP contribution in [0.1, 0.15) is 44.9 Å². The van der Waals surface area contributed by atoms with Crippen LogP contribution in [0.2, 0.25) is 0 Å². The van der Waals surface area contributed by atoms with Crippen molar-refractivity contribution in [2.24, 2.45) is 11.1 Å². The molecule has 86 valence electrons. The molecule has 3 nitrogen and oxygen atoms in total. The van der Waals surface area contributed by atoms with Gasteiger partial charge in [-0.25, -0.2) is 0 Å². The average Bonchev–Trinajstić information content (AvgIpc) is 3.09. The van der Waals surface area contributed by atoms with E-state index in [0.717, 1.165) is 12.8 Å². The number of hydrogen-bond acceptors (Lipinski definition) is 2. The first-order valence-corrected chi connectivity index (χ1v) is 6.17. The maximum absolute atomic E-state index is 12.2. The summed E-state index contributed by atoms with van der Waals surface area (Å²) < 4.78 is 0. The van der Waals surface area contributed by atoms with E-state index in [2.05, 4.69) is 0 Å². The zero-order valence-electron chi connectivity index (χ0n) is 9.67. The number of carbonyl (C=O) groups is 1. The van der Waals surface area contributed by atoms with Crippen molar-refractivity contribution < 1.29 is 4.79 Å². The standard InChI is InChI=1S/C12H22N2O/c1-14(10-5-3-2-4-6-10)11(15)12(9-13)7-8-12/h10H,2-9,13H2,1H3. The third-order valence-electron chi connectivity index (χ3n) is 4.14. The molecule has 1 amide bonds. The van der Waals surface area contributed by atoms with Gasteiger partial charge >= 0.3 is 0 Å². The molecular weight excluding hydrogens is 188 g/mol. The topological polar surface area (TPSA) is 46.3 Å². The number of carbonyl (C=O) groups excluding carboxylic acids is 1. The molecule has 2 saturated carbocycles. The molecular formula is C12H22N2O. The third kappa shape index (κ3) is 2.03. The fourth-order valence-corrected chi connectivity index (χ4v) is 2.66. The zero-order chi connectivity index (χ0) is 10.9. The van der Waals surface area contributed by atoms with Gasteiger partial charge in [-0.15, -0.1) is 0 Å². The van der Waals surface area contributed by atoms with E-state index in [0.29, 0.717) is 18.5 Å². The highest BCUT2D eigenvalue weighted by Gasteiger charge is 2.50. The van der Waals surface area contributed by atoms with Gasteiger partial charge in [0.2, 0.25) is 5.91 Å². The smallest absolute Gasteiger partial charge is 0.230 e. The van der Waals surface area contributed by atoms with E-state index < -0.39 is 0 Å². The van der Waals surface area contributed by atoms with Crippen molar-refractivity contribution in [1.29, 1.82) is 0 Å². The summed E-state index contributed by atoms with van der Waals surface area (Å²) >= 11 is 0. The van der Waals surface area contributed by atoms with Gasteiger partial charge in [-0.3, -0.25) is 4.79 Å². The van der Waals surface area contributed by atoms with Crippen LogP contribution in [0.4, 0.5) is 0 Å². The number of rotatable bonds is 3. The van der Waals surface area contributed by atoms with Gasteiger partial charge in [-0.05, 0) is 25.7 Å². The highest BCUT2D eigenvalue weighted by molar-refractivity contribution is 5.85. The van der Waals surface area contributed by atoms with Crippen molar-refractivity contribution in [2.45, 2.75) is 51.0 Å². The molecule has 2 N–H and O–H groups in total. The summed E-state index contributed by atoms with van der Waals surface area (Å²) in [7, 11) is 1.97. The summed E-state index contributed by atoms with van der Waals surface area (Å²) in [6, 6.07) is 0.482. The van der Waals surface area contributed by atoms with Crippen LogP contribution in [0.15, 0.2) is 0 Å². The first-order valence-electron chi connectivity index (χ1n) is 6.17. The van der Waals surface area contributed by atoms with Crippen LogP contribution in [0.3, 0.4) is 0 Å². The fraction of sp³-hybridized carbons (Fsp3) is 0.917. The van der Waals surface area contributed by atoms with Crippen molar-refractivity contribution in [2.75, 3.05) is 13.6 Å². The summed E-state index contributed by atoms with van der Waals surface area (Å²) in [6.45, 7) is 0.531. The molecule has 0 saturated heterocycles. The van der Waals surface area contributed by atoms with Gasteiger partial charge < -0.3 is 10.6 Å². The molecule has 2 aliphatic carbocycles. The Morgan fingerprint density at radius 2 is 1.93 bits per heavy atom. The van der Waals surface area contributed by atoms with Crippen molar-refractivity contribution in [3.63, 3.8) is 0 Å². The Hall–Kier alpha value is -0.570. The molecule has 2 fully saturated rings. The molecule has 0 aromatic rings. The normalized spacial score (nSPS) is 24.9. The molecule has 15 heavy (non-hydrogen) atoms. The summed E-state index contributed by atoms with van der Waals surface area (Å²) in [6.07, 6.45) is 8.25. The Morgan fingerprint density at radius 1 is 1.33 bits per heavy atom. The lowest BCUT2D eigenvalue weighted by Crippen LogP contribution is -2.44. The van der Waals surface area contributed by atoms with Crippen molar-refractivity contribution in [3.8, 4) is 0 Å². The van der Waals surface area contributed by atoms with Crippen LogP contribution < -0.4 is 5.73 Å². The number of amides is 1. The van der Waals surface area contributed by atoms with E-state index >= 15 is 0 Å². The Balaban J connectivity index is 1.94. The van der Waals surface area contributed by atoms with Gasteiger partial charge in [0, 0.05) is 19.6 Å². The minimum Gasteiger partial charge on any atom is -0.342 e.